The Morgan fingerprint density at radius 2 is 2.00 bits per heavy atom. The Balaban J connectivity index is 2.53. The lowest BCUT2D eigenvalue weighted by Gasteiger charge is -2.26. The second-order valence-corrected chi connectivity index (χ2v) is 4.93. The van der Waals surface area contributed by atoms with Gasteiger partial charge in [0.25, 0.3) is 0 Å². The SMILES string of the molecule is CCNC(=NCC(C)N(C)c1ccccc1)NCCOC. The molecule has 0 radical (unpaired) electrons. The summed E-state index contributed by atoms with van der Waals surface area (Å²) in [6.07, 6.45) is 0. The molecule has 1 atom stereocenters. The van der Waals surface area contributed by atoms with Crippen LogP contribution < -0.4 is 15.5 Å². The number of methoxy groups -OCH3 is 1. The van der Waals surface area contributed by atoms with Gasteiger partial charge in [-0.3, -0.25) is 4.99 Å². The van der Waals surface area contributed by atoms with Crippen molar-refractivity contribution in [3.05, 3.63) is 30.3 Å². The van der Waals surface area contributed by atoms with E-state index in [-0.39, 0.29) is 0 Å². The number of guanidine groups is 1. The second-order valence-electron chi connectivity index (χ2n) is 4.93. The van der Waals surface area contributed by atoms with Crippen LogP contribution in [0.25, 0.3) is 0 Å². The van der Waals surface area contributed by atoms with E-state index in [0.29, 0.717) is 12.6 Å². The van der Waals surface area contributed by atoms with Crippen LogP contribution in [0.15, 0.2) is 35.3 Å². The molecule has 0 aliphatic heterocycles. The Labute approximate surface area is 128 Å². The Morgan fingerprint density at radius 3 is 2.62 bits per heavy atom. The van der Waals surface area contributed by atoms with Gasteiger partial charge in [0.05, 0.1) is 13.2 Å². The highest BCUT2D eigenvalue weighted by Gasteiger charge is 2.09. The summed E-state index contributed by atoms with van der Waals surface area (Å²) in [5, 5.41) is 6.49. The van der Waals surface area contributed by atoms with E-state index in [1.54, 1.807) is 7.11 Å². The number of anilines is 1. The summed E-state index contributed by atoms with van der Waals surface area (Å²) in [4.78, 5) is 6.87. The molecule has 0 aliphatic carbocycles. The van der Waals surface area contributed by atoms with Crippen molar-refractivity contribution in [1.82, 2.24) is 10.6 Å². The molecule has 1 unspecified atom stereocenters. The monoisotopic (exact) mass is 292 g/mol. The Morgan fingerprint density at radius 1 is 1.29 bits per heavy atom. The molecule has 0 aromatic heterocycles. The third kappa shape index (κ3) is 6.49. The lowest BCUT2D eigenvalue weighted by atomic mass is 10.2. The molecule has 1 rings (SSSR count). The van der Waals surface area contributed by atoms with E-state index < -0.39 is 0 Å². The zero-order valence-electron chi connectivity index (χ0n) is 13.6. The highest BCUT2D eigenvalue weighted by molar-refractivity contribution is 5.79. The molecule has 0 heterocycles. The minimum absolute atomic E-state index is 0.324. The van der Waals surface area contributed by atoms with E-state index in [1.807, 2.05) is 6.07 Å². The van der Waals surface area contributed by atoms with E-state index in [4.69, 9.17) is 4.74 Å². The summed E-state index contributed by atoms with van der Waals surface area (Å²) in [6, 6.07) is 10.7. The zero-order chi connectivity index (χ0) is 15.5. The van der Waals surface area contributed by atoms with Crippen LogP contribution in [-0.4, -0.2) is 52.4 Å². The van der Waals surface area contributed by atoms with E-state index in [0.717, 1.165) is 25.6 Å². The maximum absolute atomic E-state index is 5.04. The number of hydrogen-bond donors (Lipinski definition) is 2. The van der Waals surface area contributed by atoms with Crippen LogP contribution in [0.4, 0.5) is 5.69 Å². The number of ether oxygens (including phenoxy) is 1. The molecular weight excluding hydrogens is 264 g/mol. The average Bonchev–Trinajstić information content (AvgIpc) is 2.52. The Hall–Kier alpha value is -1.75. The normalized spacial score (nSPS) is 12.9. The average molecular weight is 292 g/mol. The Bertz CT molecular complexity index is 408. The van der Waals surface area contributed by atoms with Crippen molar-refractivity contribution in [2.24, 2.45) is 4.99 Å². The third-order valence-corrected chi connectivity index (χ3v) is 3.28. The smallest absolute Gasteiger partial charge is 0.191 e. The first-order chi connectivity index (χ1) is 10.2. The van der Waals surface area contributed by atoms with Crippen LogP contribution in [0.3, 0.4) is 0 Å². The molecule has 0 spiro atoms. The third-order valence-electron chi connectivity index (χ3n) is 3.28. The first-order valence-corrected chi connectivity index (χ1v) is 7.48. The second kappa shape index (κ2) is 10.0. The zero-order valence-corrected chi connectivity index (χ0v) is 13.6. The predicted octanol–water partition coefficient (Wildman–Crippen LogP) is 1.71. The fourth-order valence-electron chi connectivity index (χ4n) is 1.88. The van der Waals surface area contributed by atoms with Crippen molar-refractivity contribution in [3.8, 4) is 0 Å². The number of nitrogens with one attached hydrogen (secondary N) is 2. The molecule has 0 bridgehead atoms. The summed E-state index contributed by atoms with van der Waals surface area (Å²) in [5.41, 5.74) is 1.21. The minimum Gasteiger partial charge on any atom is -0.383 e. The number of nitrogens with zero attached hydrogens (tertiary/aromatic N) is 2. The van der Waals surface area contributed by atoms with Gasteiger partial charge < -0.3 is 20.3 Å². The lowest BCUT2D eigenvalue weighted by Crippen LogP contribution is -2.40. The number of benzene rings is 1. The van der Waals surface area contributed by atoms with E-state index in [2.05, 4.69) is 65.7 Å². The quantitative estimate of drug-likeness (QED) is 0.435. The summed E-state index contributed by atoms with van der Waals surface area (Å²) >= 11 is 0. The van der Waals surface area contributed by atoms with Crippen LogP contribution in [0.2, 0.25) is 0 Å². The van der Waals surface area contributed by atoms with Crippen LogP contribution in [-0.2, 0) is 4.74 Å². The summed E-state index contributed by atoms with van der Waals surface area (Å²) in [5.74, 6) is 0.836. The molecule has 21 heavy (non-hydrogen) atoms. The van der Waals surface area contributed by atoms with Gasteiger partial charge in [0, 0.05) is 39.0 Å². The van der Waals surface area contributed by atoms with Crippen molar-refractivity contribution >= 4 is 11.6 Å². The predicted molar refractivity (Wildman–Crippen MR) is 90.2 cm³/mol. The van der Waals surface area contributed by atoms with Gasteiger partial charge in [-0.05, 0) is 26.0 Å². The van der Waals surface area contributed by atoms with Crippen LogP contribution in [0.1, 0.15) is 13.8 Å². The molecule has 0 saturated heterocycles. The number of rotatable bonds is 8. The van der Waals surface area contributed by atoms with Gasteiger partial charge in [0.1, 0.15) is 0 Å². The molecule has 5 heteroatoms. The van der Waals surface area contributed by atoms with Gasteiger partial charge in [0.2, 0.25) is 0 Å². The first-order valence-electron chi connectivity index (χ1n) is 7.48. The number of likely N-dealkylation sites (N-methyl/N-ethyl adjacent to an activating group) is 1. The van der Waals surface area contributed by atoms with Gasteiger partial charge in [-0.2, -0.15) is 0 Å². The standard InChI is InChI=1S/C16H28N4O/c1-5-17-16(18-11-12-21-4)19-13-14(2)20(3)15-9-7-6-8-10-15/h6-10,14H,5,11-13H2,1-4H3,(H2,17,18,19). The molecule has 118 valence electrons. The highest BCUT2D eigenvalue weighted by atomic mass is 16.5. The number of hydrogen-bond acceptors (Lipinski definition) is 3. The molecule has 2 N–H and O–H groups in total. The van der Waals surface area contributed by atoms with Crippen molar-refractivity contribution in [3.63, 3.8) is 0 Å². The van der Waals surface area contributed by atoms with Crippen molar-refractivity contribution < 1.29 is 4.74 Å². The molecule has 0 fully saturated rings. The van der Waals surface area contributed by atoms with Crippen LogP contribution in [0, 0.1) is 0 Å². The first kappa shape index (κ1) is 17.3. The van der Waals surface area contributed by atoms with Crippen molar-refractivity contribution in [2.75, 3.05) is 45.3 Å². The largest absolute Gasteiger partial charge is 0.383 e. The van der Waals surface area contributed by atoms with Gasteiger partial charge in [-0.25, -0.2) is 0 Å². The van der Waals surface area contributed by atoms with Crippen molar-refractivity contribution in [1.29, 1.82) is 0 Å². The topological polar surface area (TPSA) is 48.9 Å². The molecule has 5 nitrogen and oxygen atoms in total. The molecule has 0 amide bonds. The Kier molecular flexibility index (Phi) is 8.28. The van der Waals surface area contributed by atoms with E-state index in [1.165, 1.54) is 5.69 Å². The molecule has 1 aromatic carbocycles. The summed E-state index contributed by atoms with van der Waals surface area (Å²) < 4.78 is 5.04. The minimum atomic E-state index is 0.324. The van der Waals surface area contributed by atoms with Crippen molar-refractivity contribution in [2.45, 2.75) is 19.9 Å². The molecule has 0 saturated carbocycles. The fraction of sp³-hybridized carbons (Fsp3) is 0.562. The van der Waals surface area contributed by atoms with E-state index >= 15 is 0 Å². The molecular formula is C16H28N4O. The van der Waals surface area contributed by atoms with Gasteiger partial charge in [0.15, 0.2) is 5.96 Å². The van der Waals surface area contributed by atoms with Crippen LogP contribution in [0.5, 0.6) is 0 Å². The van der Waals surface area contributed by atoms with Gasteiger partial charge in [-0.1, -0.05) is 18.2 Å². The van der Waals surface area contributed by atoms with Crippen LogP contribution >= 0.6 is 0 Å². The molecule has 1 aromatic rings. The number of aliphatic imine (C=N–C) groups is 1. The van der Waals surface area contributed by atoms with Gasteiger partial charge >= 0.3 is 0 Å². The number of para-hydroxylation sites is 1. The highest BCUT2D eigenvalue weighted by Crippen LogP contribution is 2.13. The maximum atomic E-state index is 5.04. The summed E-state index contributed by atoms with van der Waals surface area (Å²) in [7, 11) is 3.80. The maximum Gasteiger partial charge on any atom is 0.191 e. The fourth-order valence-corrected chi connectivity index (χ4v) is 1.88. The van der Waals surface area contributed by atoms with E-state index in [9.17, 15) is 0 Å². The van der Waals surface area contributed by atoms with Gasteiger partial charge in [-0.15, -0.1) is 0 Å². The molecule has 0 aliphatic rings. The summed E-state index contributed by atoms with van der Waals surface area (Å²) in [6.45, 7) is 7.24. The lowest BCUT2D eigenvalue weighted by molar-refractivity contribution is 0.203.